The number of rotatable bonds is 7. The number of aliphatic imine (C=N–C) groups is 1. The summed E-state index contributed by atoms with van der Waals surface area (Å²) >= 11 is 0. The fourth-order valence-electron chi connectivity index (χ4n) is 2.96. The summed E-state index contributed by atoms with van der Waals surface area (Å²) in [6.45, 7) is 9.51. The summed E-state index contributed by atoms with van der Waals surface area (Å²) in [5.74, 6) is 1.29. The molecule has 0 aromatic heterocycles. The van der Waals surface area contributed by atoms with Crippen LogP contribution in [-0.4, -0.2) is 37.0 Å². The number of piperidine rings is 1. The number of hydrogen-bond acceptors (Lipinski definition) is 2. The second-order valence-electron chi connectivity index (χ2n) is 6.71. The lowest BCUT2D eigenvalue weighted by atomic mass is 9.96. The molecule has 0 radical (unpaired) electrons. The average molecular weight is 316 g/mol. The summed E-state index contributed by atoms with van der Waals surface area (Å²) in [5.41, 5.74) is 8.64. The van der Waals surface area contributed by atoms with E-state index in [4.69, 9.17) is 5.73 Å². The van der Waals surface area contributed by atoms with Gasteiger partial charge in [-0.25, -0.2) is 0 Å². The number of hydrogen-bond donors (Lipinski definition) is 2. The lowest BCUT2D eigenvalue weighted by Gasteiger charge is -2.31. The quantitative estimate of drug-likeness (QED) is 0.462. The number of nitrogens with one attached hydrogen (secondary N) is 1. The van der Waals surface area contributed by atoms with Gasteiger partial charge in [-0.3, -0.25) is 9.89 Å². The molecule has 1 heterocycles. The summed E-state index contributed by atoms with van der Waals surface area (Å²) in [6, 6.07) is 8.89. The molecular formula is C19H32N4. The van der Waals surface area contributed by atoms with E-state index in [0.717, 1.165) is 39.1 Å². The van der Waals surface area contributed by atoms with Gasteiger partial charge in [0.25, 0.3) is 0 Å². The third-order valence-electron chi connectivity index (χ3n) is 4.59. The van der Waals surface area contributed by atoms with Crippen molar-refractivity contribution in [3.05, 3.63) is 35.4 Å². The smallest absolute Gasteiger partial charge is 0.188 e. The predicted octanol–water partition coefficient (Wildman–Crippen LogP) is 2.91. The predicted molar refractivity (Wildman–Crippen MR) is 98.6 cm³/mol. The highest BCUT2D eigenvalue weighted by Crippen LogP contribution is 2.19. The molecule has 0 spiro atoms. The lowest BCUT2D eigenvalue weighted by molar-refractivity contribution is 0.180. The molecule has 1 fully saturated rings. The number of likely N-dealkylation sites (tertiary alicyclic amines) is 1. The zero-order valence-corrected chi connectivity index (χ0v) is 14.7. The van der Waals surface area contributed by atoms with E-state index in [2.05, 4.69) is 53.3 Å². The Bertz CT molecular complexity index is 473. The van der Waals surface area contributed by atoms with Gasteiger partial charge < -0.3 is 11.1 Å². The van der Waals surface area contributed by atoms with Crippen LogP contribution in [0.5, 0.6) is 0 Å². The van der Waals surface area contributed by atoms with Gasteiger partial charge >= 0.3 is 0 Å². The first kappa shape index (κ1) is 17.8. The zero-order chi connectivity index (χ0) is 16.5. The number of benzene rings is 1. The van der Waals surface area contributed by atoms with Crippen LogP contribution in [0.25, 0.3) is 0 Å². The van der Waals surface area contributed by atoms with Crippen molar-refractivity contribution < 1.29 is 0 Å². The minimum absolute atomic E-state index is 0.612. The first-order valence-corrected chi connectivity index (χ1v) is 8.99. The van der Waals surface area contributed by atoms with Crippen LogP contribution in [0.1, 0.15) is 43.7 Å². The standard InChI is InChI=1S/C19H32N4/c1-3-4-11-21-19(20)22-14-17-9-12-23(13-10-17)15-18-7-5-16(2)6-8-18/h5-8,17H,3-4,9-15H2,1-2H3,(H3,20,21,22). The Morgan fingerprint density at radius 2 is 1.96 bits per heavy atom. The summed E-state index contributed by atoms with van der Waals surface area (Å²) < 4.78 is 0. The van der Waals surface area contributed by atoms with Gasteiger partial charge in [0.1, 0.15) is 0 Å². The van der Waals surface area contributed by atoms with Crippen molar-refractivity contribution in [3.8, 4) is 0 Å². The van der Waals surface area contributed by atoms with E-state index in [9.17, 15) is 0 Å². The molecule has 0 unspecified atom stereocenters. The summed E-state index contributed by atoms with van der Waals surface area (Å²) in [6.07, 6.45) is 4.77. The Morgan fingerprint density at radius 3 is 2.61 bits per heavy atom. The summed E-state index contributed by atoms with van der Waals surface area (Å²) in [4.78, 5) is 7.05. The molecule has 4 heteroatoms. The van der Waals surface area contributed by atoms with Gasteiger partial charge in [0, 0.05) is 19.6 Å². The van der Waals surface area contributed by atoms with E-state index in [-0.39, 0.29) is 0 Å². The zero-order valence-electron chi connectivity index (χ0n) is 14.7. The number of unbranched alkanes of at least 4 members (excludes halogenated alkanes) is 1. The third kappa shape index (κ3) is 6.61. The Hall–Kier alpha value is -1.55. The van der Waals surface area contributed by atoms with Crippen molar-refractivity contribution in [2.45, 2.75) is 46.1 Å². The molecule has 0 bridgehead atoms. The third-order valence-corrected chi connectivity index (χ3v) is 4.59. The van der Waals surface area contributed by atoms with Crippen molar-refractivity contribution in [1.29, 1.82) is 0 Å². The first-order valence-electron chi connectivity index (χ1n) is 8.99. The Labute approximate surface area is 141 Å². The molecule has 1 aliphatic heterocycles. The van der Waals surface area contributed by atoms with Crippen LogP contribution in [-0.2, 0) is 6.54 Å². The molecule has 0 saturated carbocycles. The van der Waals surface area contributed by atoms with E-state index < -0.39 is 0 Å². The van der Waals surface area contributed by atoms with Crippen molar-refractivity contribution in [3.63, 3.8) is 0 Å². The fraction of sp³-hybridized carbons (Fsp3) is 0.632. The van der Waals surface area contributed by atoms with Gasteiger partial charge in [-0.2, -0.15) is 0 Å². The maximum absolute atomic E-state index is 5.90. The number of nitrogens with two attached hydrogens (primary N) is 1. The van der Waals surface area contributed by atoms with Crippen LogP contribution < -0.4 is 11.1 Å². The summed E-state index contributed by atoms with van der Waals surface area (Å²) in [7, 11) is 0. The molecule has 128 valence electrons. The number of guanidine groups is 1. The Morgan fingerprint density at radius 1 is 1.26 bits per heavy atom. The second-order valence-corrected chi connectivity index (χ2v) is 6.71. The van der Waals surface area contributed by atoms with Crippen LogP contribution in [0.3, 0.4) is 0 Å². The maximum atomic E-state index is 5.90. The molecule has 0 amide bonds. The van der Waals surface area contributed by atoms with Crippen molar-refractivity contribution in [2.75, 3.05) is 26.2 Å². The highest BCUT2D eigenvalue weighted by atomic mass is 15.1. The van der Waals surface area contributed by atoms with E-state index in [1.54, 1.807) is 0 Å². The van der Waals surface area contributed by atoms with Gasteiger partial charge in [0.15, 0.2) is 5.96 Å². The van der Waals surface area contributed by atoms with Crippen LogP contribution in [0.4, 0.5) is 0 Å². The van der Waals surface area contributed by atoms with Crippen LogP contribution in [0, 0.1) is 12.8 Å². The fourth-order valence-corrected chi connectivity index (χ4v) is 2.96. The highest BCUT2D eigenvalue weighted by Gasteiger charge is 2.18. The topological polar surface area (TPSA) is 53.6 Å². The maximum Gasteiger partial charge on any atom is 0.188 e. The Balaban J connectivity index is 1.67. The first-order chi connectivity index (χ1) is 11.2. The van der Waals surface area contributed by atoms with E-state index in [1.807, 2.05) is 0 Å². The molecule has 1 saturated heterocycles. The highest BCUT2D eigenvalue weighted by molar-refractivity contribution is 5.77. The molecule has 2 rings (SSSR count). The second kappa shape index (κ2) is 9.56. The van der Waals surface area contributed by atoms with E-state index in [0.29, 0.717) is 11.9 Å². The van der Waals surface area contributed by atoms with Gasteiger partial charge in [0.2, 0.25) is 0 Å². The van der Waals surface area contributed by atoms with Gasteiger partial charge in [0.05, 0.1) is 0 Å². The van der Waals surface area contributed by atoms with Gasteiger partial charge in [-0.15, -0.1) is 0 Å². The summed E-state index contributed by atoms with van der Waals surface area (Å²) in [5, 5.41) is 3.19. The van der Waals surface area contributed by atoms with Crippen LogP contribution in [0.2, 0.25) is 0 Å². The van der Waals surface area contributed by atoms with Gasteiger partial charge in [-0.1, -0.05) is 43.2 Å². The van der Waals surface area contributed by atoms with E-state index in [1.165, 1.54) is 30.4 Å². The van der Waals surface area contributed by atoms with Crippen molar-refractivity contribution in [1.82, 2.24) is 10.2 Å². The Kier molecular flexibility index (Phi) is 7.40. The number of aryl methyl sites for hydroxylation is 1. The SMILES string of the molecule is CCCCNC(N)=NCC1CCN(Cc2ccc(C)cc2)CC1. The van der Waals surface area contributed by atoms with Crippen molar-refractivity contribution >= 4 is 5.96 Å². The molecular weight excluding hydrogens is 284 g/mol. The van der Waals surface area contributed by atoms with Crippen molar-refractivity contribution in [2.24, 2.45) is 16.6 Å². The molecule has 3 N–H and O–H groups in total. The molecule has 1 aliphatic rings. The normalized spacial score (nSPS) is 17.4. The molecule has 23 heavy (non-hydrogen) atoms. The minimum atomic E-state index is 0.612. The molecule has 1 aromatic rings. The van der Waals surface area contributed by atoms with Crippen LogP contribution in [0.15, 0.2) is 29.3 Å². The molecule has 0 atom stereocenters. The minimum Gasteiger partial charge on any atom is -0.370 e. The molecule has 4 nitrogen and oxygen atoms in total. The lowest BCUT2D eigenvalue weighted by Crippen LogP contribution is -2.36. The average Bonchev–Trinajstić information content (AvgIpc) is 2.57. The molecule has 0 aliphatic carbocycles. The largest absolute Gasteiger partial charge is 0.370 e. The number of nitrogens with zero attached hydrogens (tertiary/aromatic N) is 2. The molecule has 1 aromatic carbocycles. The van der Waals surface area contributed by atoms with Gasteiger partial charge in [-0.05, 0) is 50.8 Å². The monoisotopic (exact) mass is 316 g/mol. The van der Waals surface area contributed by atoms with Crippen LogP contribution >= 0.6 is 0 Å². The van der Waals surface area contributed by atoms with E-state index >= 15 is 0 Å².